The van der Waals surface area contributed by atoms with E-state index in [4.69, 9.17) is 4.74 Å². The molecule has 0 unspecified atom stereocenters. The highest BCUT2D eigenvalue weighted by Crippen LogP contribution is 2.38. The number of carbonyl (C=O) groups is 1. The first-order valence-electron chi connectivity index (χ1n) is 7.42. The van der Waals surface area contributed by atoms with Crippen LogP contribution in [-0.4, -0.2) is 53.6 Å². The minimum absolute atomic E-state index is 0.107. The van der Waals surface area contributed by atoms with Gasteiger partial charge in [-0.25, -0.2) is 9.48 Å². The van der Waals surface area contributed by atoms with Crippen LogP contribution < -0.4 is 10.9 Å². The fraction of sp³-hybridized carbons (Fsp3) is 0.643. The molecule has 1 aliphatic carbocycles. The van der Waals surface area contributed by atoms with Crippen molar-refractivity contribution in [1.29, 1.82) is 0 Å². The lowest BCUT2D eigenvalue weighted by molar-refractivity contribution is 0.0532. The fourth-order valence-corrected chi connectivity index (χ4v) is 2.37. The van der Waals surface area contributed by atoms with Crippen LogP contribution in [0.5, 0.6) is 0 Å². The third kappa shape index (κ3) is 3.60. The Bertz CT molecular complexity index is 562. The van der Waals surface area contributed by atoms with E-state index in [0.717, 1.165) is 18.5 Å². The summed E-state index contributed by atoms with van der Waals surface area (Å²) in [6, 6.07) is 3.26. The highest BCUT2D eigenvalue weighted by atomic mass is 16.5. The molecule has 21 heavy (non-hydrogen) atoms. The average Bonchev–Trinajstić information content (AvgIpc) is 3.35. The molecule has 2 aliphatic rings. The molecule has 0 spiro atoms. The largest absolute Gasteiger partial charge is 0.378 e. The zero-order valence-electron chi connectivity index (χ0n) is 12.0. The van der Waals surface area contributed by atoms with Crippen molar-refractivity contribution in [3.8, 4) is 0 Å². The number of nitrogens with one attached hydrogen (secondary N) is 1. The van der Waals surface area contributed by atoms with Crippen LogP contribution in [0.4, 0.5) is 4.79 Å². The van der Waals surface area contributed by atoms with Gasteiger partial charge in [-0.05, 0) is 18.9 Å². The maximum absolute atomic E-state index is 11.9. The molecule has 7 nitrogen and oxygen atoms in total. The summed E-state index contributed by atoms with van der Waals surface area (Å²) < 4.78 is 6.64. The number of carbonyl (C=O) groups excluding carboxylic acids is 1. The Hall–Kier alpha value is -1.89. The summed E-state index contributed by atoms with van der Waals surface area (Å²) in [5.74, 6) is 0.514. The van der Waals surface area contributed by atoms with Crippen LogP contribution in [0, 0.1) is 0 Å². The maximum Gasteiger partial charge on any atom is 0.317 e. The van der Waals surface area contributed by atoms with Crippen molar-refractivity contribution in [1.82, 2.24) is 20.0 Å². The lowest BCUT2D eigenvalue weighted by Crippen LogP contribution is -2.47. The predicted molar refractivity (Wildman–Crippen MR) is 76.3 cm³/mol. The first-order chi connectivity index (χ1) is 10.2. The molecule has 0 radical (unpaired) electrons. The van der Waals surface area contributed by atoms with Gasteiger partial charge in [0.25, 0.3) is 5.56 Å². The molecule has 2 heterocycles. The molecule has 0 aromatic carbocycles. The molecule has 1 aromatic rings. The Kier molecular flexibility index (Phi) is 4.19. The van der Waals surface area contributed by atoms with Crippen molar-refractivity contribution in [2.24, 2.45) is 0 Å². The van der Waals surface area contributed by atoms with Crippen LogP contribution in [-0.2, 0) is 11.3 Å². The van der Waals surface area contributed by atoms with Gasteiger partial charge < -0.3 is 15.0 Å². The van der Waals surface area contributed by atoms with Crippen molar-refractivity contribution < 1.29 is 9.53 Å². The molecule has 1 aliphatic heterocycles. The molecule has 0 bridgehead atoms. The van der Waals surface area contributed by atoms with Crippen LogP contribution in [0.2, 0.25) is 0 Å². The van der Waals surface area contributed by atoms with E-state index < -0.39 is 0 Å². The Morgan fingerprint density at radius 1 is 1.33 bits per heavy atom. The SMILES string of the molecule is O=C(NCCn1nc(C2CC2)ccc1=O)N1CCOCC1. The monoisotopic (exact) mass is 292 g/mol. The summed E-state index contributed by atoms with van der Waals surface area (Å²) in [6.45, 7) is 3.19. The van der Waals surface area contributed by atoms with Gasteiger partial charge >= 0.3 is 6.03 Å². The third-order valence-corrected chi connectivity index (χ3v) is 3.78. The summed E-state index contributed by atoms with van der Waals surface area (Å²) in [5, 5.41) is 7.19. The highest BCUT2D eigenvalue weighted by molar-refractivity contribution is 5.74. The number of ether oxygens (including phenoxy) is 1. The van der Waals surface area contributed by atoms with Crippen LogP contribution in [0.15, 0.2) is 16.9 Å². The second-order valence-electron chi connectivity index (χ2n) is 5.43. The van der Waals surface area contributed by atoms with Crippen LogP contribution in [0.1, 0.15) is 24.5 Å². The van der Waals surface area contributed by atoms with Crippen LogP contribution >= 0.6 is 0 Å². The summed E-state index contributed by atoms with van der Waals surface area (Å²) in [5.41, 5.74) is 0.856. The first kappa shape index (κ1) is 14.1. The molecule has 1 aromatic heterocycles. The molecule has 3 rings (SSSR count). The minimum Gasteiger partial charge on any atom is -0.378 e. The van der Waals surface area contributed by atoms with Gasteiger partial charge in [0, 0.05) is 31.6 Å². The molecular formula is C14H20N4O3. The number of urea groups is 1. The number of aromatic nitrogens is 2. The minimum atomic E-state index is -0.125. The highest BCUT2D eigenvalue weighted by Gasteiger charge is 2.25. The smallest absolute Gasteiger partial charge is 0.317 e. The van der Waals surface area contributed by atoms with Crippen molar-refractivity contribution in [3.05, 3.63) is 28.2 Å². The summed E-state index contributed by atoms with van der Waals surface area (Å²) in [6.07, 6.45) is 2.30. The van der Waals surface area contributed by atoms with Gasteiger partial charge in [-0.3, -0.25) is 4.79 Å². The number of hydrogen-bond acceptors (Lipinski definition) is 4. The number of morpholine rings is 1. The van der Waals surface area contributed by atoms with E-state index >= 15 is 0 Å². The van der Waals surface area contributed by atoms with E-state index in [9.17, 15) is 9.59 Å². The van der Waals surface area contributed by atoms with E-state index in [1.54, 1.807) is 11.0 Å². The Morgan fingerprint density at radius 2 is 2.10 bits per heavy atom. The van der Waals surface area contributed by atoms with Crippen molar-refractivity contribution >= 4 is 6.03 Å². The Labute approximate surface area is 122 Å². The lowest BCUT2D eigenvalue weighted by Gasteiger charge is -2.26. The molecular weight excluding hydrogens is 272 g/mol. The normalized spacial score (nSPS) is 18.6. The van der Waals surface area contributed by atoms with Gasteiger partial charge in [0.05, 0.1) is 25.5 Å². The molecule has 114 valence electrons. The zero-order valence-corrected chi connectivity index (χ0v) is 12.0. The van der Waals surface area contributed by atoms with Gasteiger partial charge in [-0.2, -0.15) is 5.10 Å². The van der Waals surface area contributed by atoms with E-state index in [1.807, 2.05) is 6.07 Å². The van der Waals surface area contributed by atoms with Gasteiger partial charge in [-0.15, -0.1) is 0 Å². The van der Waals surface area contributed by atoms with Gasteiger partial charge in [0.2, 0.25) is 0 Å². The van der Waals surface area contributed by atoms with Gasteiger partial charge in [0.1, 0.15) is 0 Å². The summed E-state index contributed by atoms with van der Waals surface area (Å²) in [4.78, 5) is 25.4. The third-order valence-electron chi connectivity index (χ3n) is 3.78. The molecule has 2 amide bonds. The zero-order chi connectivity index (χ0) is 14.7. The maximum atomic E-state index is 11.9. The standard InChI is InChI=1S/C14H20N4O3/c19-13-4-3-12(11-1-2-11)16-18(13)6-5-15-14(20)17-7-9-21-10-8-17/h3-4,11H,1-2,5-10H2,(H,15,20). The molecule has 0 atom stereocenters. The van der Waals surface area contributed by atoms with E-state index in [0.29, 0.717) is 45.3 Å². The first-order valence-corrected chi connectivity index (χ1v) is 7.42. The van der Waals surface area contributed by atoms with Crippen molar-refractivity contribution in [3.63, 3.8) is 0 Å². The number of amides is 2. The molecule has 2 fully saturated rings. The number of hydrogen-bond donors (Lipinski definition) is 1. The topological polar surface area (TPSA) is 76.5 Å². The Morgan fingerprint density at radius 3 is 2.81 bits per heavy atom. The average molecular weight is 292 g/mol. The summed E-state index contributed by atoms with van der Waals surface area (Å²) >= 11 is 0. The van der Waals surface area contributed by atoms with E-state index in [1.165, 1.54) is 4.68 Å². The second kappa shape index (κ2) is 6.26. The molecule has 1 saturated heterocycles. The van der Waals surface area contributed by atoms with Gasteiger partial charge in [-0.1, -0.05) is 0 Å². The van der Waals surface area contributed by atoms with Crippen LogP contribution in [0.3, 0.4) is 0 Å². The van der Waals surface area contributed by atoms with Crippen molar-refractivity contribution in [2.45, 2.75) is 25.3 Å². The molecule has 1 saturated carbocycles. The number of rotatable bonds is 4. The molecule has 7 heteroatoms. The summed E-state index contributed by atoms with van der Waals surface area (Å²) in [7, 11) is 0. The fourth-order valence-electron chi connectivity index (χ4n) is 2.37. The molecule has 1 N–H and O–H groups in total. The van der Waals surface area contributed by atoms with E-state index in [-0.39, 0.29) is 11.6 Å². The Balaban J connectivity index is 1.51. The van der Waals surface area contributed by atoms with E-state index in [2.05, 4.69) is 10.4 Å². The predicted octanol–water partition coefficient (Wildman–Crippen LogP) is 0.163. The quantitative estimate of drug-likeness (QED) is 0.858. The van der Waals surface area contributed by atoms with Crippen LogP contribution in [0.25, 0.3) is 0 Å². The second-order valence-corrected chi connectivity index (χ2v) is 5.43. The lowest BCUT2D eigenvalue weighted by atomic mass is 10.3. The van der Waals surface area contributed by atoms with Gasteiger partial charge in [0.15, 0.2) is 0 Å². The van der Waals surface area contributed by atoms with Crippen molar-refractivity contribution in [2.75, 3.05) is 32.8 Å². The number of nitrogens with zero attached hydrogens (tertiary/aromatic N) is 3.